The van der Waals surface area contributed by atoms with Crippen molar-refractivity contribution in [3.63, 3.8) is 0 Å². The van der Waals surface area contributed by atoms with Crippen molar-refractivity contribution < 1.29 is 28.5 Å². The molecule has 0 bridgehead atoms. The van der Waals surface area contributed by atoms with Crippen molar-refractivity contribution in [2.75, 3.05) is 18.6 Å². The van der Waals surface area contributed by atoms with E-state index in [1.165, 1.54) is 5.56 Å². The Kier molecular flexibility index (Phi) is 8.00. The van der Waals surface area contributed by atoms with E-state index in [4.69, 9.17) is 5.11 Å². The van der Waals surface area contributed by atoms with Gasteiger partial charge in [-0.2, -0.15) is 0 Å². The van der Waals surface area contributed by atoms with Crippen molar-refractivity contribution in [3.05, 3.63) is 29.8 Å². The number of nitrogens with zero attached hydrogens (tertiary/aromatic N) is 1. The summed E-state index contributed by atoms with van der Waals surface area (Å²) in [6.07, 6.45) is 1.65. The van der Waals surface area contributed by atoms with Gasteiger partial charge in [0.2, 0.25) is 5.91 Å². The van der Waals surface area contributed by atoms with E-state index in [9.17, 15) is 4.79 Å². The Balaban J connectivity index is 0.00000289. The summed E-state index contributed by atoms with van der Waals surface area (Å²) >= 11 is 0. The third-order valence-electron chi connectivity index (χ3n) is 2.77. The summed E-state index contributed by atoms with van der Waals surface area (Å²) in [6, 6.07) is 7.92. The first kappa shape index (κ1) is 17.2. The number of carbonyl (C=O) groups excluding carboxylic acids is 1. The van der Waals surface area contributed by atoms with E-state index in [-0.39, 0.29) is 37.0 Å². The normalized spacial score (nSPS) is 10.1. The topological polar surface area (TPSA) is 40.5 Å². The molecule has 1 aromatic carbocycles. The first-order chi connectivity index (χ1) is 8.06. The Morgan fingerprint density at radius 1 is 1.28 bits per heavy atom. The molecule has 99 valence electrons. The molecular formula is C14H21NO2V. The number of amides is 1. The Hall–Kier alpha value is -0.766. The van der Waals surface area contributed by atoms with Crippen molar-refractivity contribution in [3.8, 4) is 0 Å². The third kappa shape index (κ3) is 4.85. The summed E-state index contributed by atoms with van der Waals surface area (Å²) in [5.74, 6) is 0.127. The molecule has 0 aliphatic heterocycles. The first-order valence-electron chi connectivity index (χ1n) is 6.03. The van der Waals surface area contributed by atoms with Crippen LogP contribution in [0.5, 0.6) is 0 Å². The van der Waals surface area contributed by atoms with Crippen molar-refractivity contribution in [1.82, 2.24) is 0 Å². The molecule has 0 unspecified atom stereocenters. The predicted molar refractivity (Wildman–Crippen MR) is 70.1 cm³/mol. The van der Waals surface area contributed by atoms with Crippen LogP contribution in [-0.2, 0) is 29.8 Å². The van der Waals surface area contributed by atoms with Crippen molar-refractivity contribution in [2.24, 2.45) is 5.92 Å². The molecule has 0 aliphatic carbocycles. The number of aryl methyl sites for hydroxylation is 1. The van der Waals surface area contributed by atoms with Gasteiger partial charge in [0.1, 0.15) is 0 Å². The van der Waals surface area contributed by atoms with E-state index in [0.29, 0.717) is 0 Å². The number of anilines is 1. The molecule has 0 atom stereocenters. The minimum Gasteiger partial charge on any atom is -0.396 e. The number of hydrogen-bond donors (Lipinski definition) is 1. The van der Waals surface area contributed by atoms with E-state index >= 15 is 0 Å². The molecule has 3 nitrogen and oxygen atoms in total. The molecule has 1 radical (unpaired) electrons. The quantitative estimate of drug-likeness (QED) is 0.901. The van der Waals surface area contributed by atoms with Crippen LogP contribution >= 0.6 is 0 Å². The Morgan fingerprint density at radius 3 is 2.28 bits per heavy atom. The van der Waals surface area contributed by atoms with Crippen molar-refractivity contribution in [1.29, 1.82) is 0 Å². The van der Waals surface area contributed by atoms with Gasteiger partial charge < -0.3 is 10.0 Å². The molecule has 0 saturated carbocycles. The Morgan fingerprint density at radius 2 is 1.83 bits per heavy atom. The molecule has 18 heavy (non-hydrogen) atoms. The molecule has 0 saturated heterocycles. The van der Waals surface area contributed by atoms with Crippen LogP contribution in [0.2, 0.25) is 0 Å². The van der Waals surface area contributed by atoms with Crippen LogP contribution in [-0.4, -0.2) is 24.7 Å². The fraction of sp³-hybridized carbons (Fsp3) is 0.500. The fourth-order valence-corrected chi connectivity index (χ4v) is 1.68. The van der Waals surface area contributed by atoms with E-state index in [1.807, 2.05) is 38.1 Å². The number of rotatable bonds is 5. The zero-order valence-electron chi connectivity index (χ0n) is 11.3. The van der Waals surface area contributed by atoms with E-state index < -0.39 is 0 Å². The van der Waals surface area contributed by atoms with Gasteiger partial charge in [-0.05, 0) is 30.5 Å². The smallest absolute Gasteiger partial charge is 0.229 e. The molecule has 0 aliphatic rings. The van der Waals surface area contributed by atoms with Gasteiger partial charge in [0.25, 0.3) is 0 Å². The van der Waals surface area contributed by atoms with Gasteiger partial charge in [0.15, 0.2) is 0 Å². The zero-order valence-corrected chi connectivity index (χ0v) is 12.7. The molecule has 0 fully saturated rings. The second kappa shape index (κ2) is 8.36. The average molecular weight is 286 g/mol. The minimum atomic E-state index is 0. The van der Waals surface area contributed by atoms with Gasteiger partial charge >= 0.3 is 0 Å². The summed E-state index contributed by atoms with van der Waals surface area (Å²) in [6.45, 7) is 4.01. The van der Waals surface area contributed by atoms with Gasteiger partial charge in [-0.25, -0.2) is 0 Å². The average Bonchev–Trinajstić information content (AvgIpc) is 2.35. The van der Waals surface area contributed by atoms with Crippen LogP contribution in [0.4, 0.5) is 5.69 Å². The van der Waals surface area contributed by atoms with Gasteiger partial charge in [0.05, 0.1) is 0 Å². The summed E-state index contributed by atoms with van der Waals surface area (Å²) in [7, 11) is 1.80. The molecule has 1 amide bonds. The molecular weight excluding hydrogens is 265 g/mol. The molecule has 1 N–H and O–H groups in total. The van der Waals surface area contributed by atoms with Crippen LogP contribution in [0.3, 0.4) is 0 Å². The van der Waals surface area contributed by atoms with Crippen LogP contribution < -0.4 is 4.90 Å². The molecule has 0 aromatic heterocycles. The van der Waals surface area contributed by atoms with E-state index in [2.05, 4.69) is 0 Å². The summed E-state index contributed by atoms with van der Waals surface area (Å²) < 4.78 is 0. The van der Waals surface area contributed by atoms with Crippen molar-refractivity contribution >= 4 is 11.6 Å². The van der Waals surface area contributed by atoms with Crippen LogP contribution in [0.25, 0.3) is 0 Å². The largest absolute Gasteiger partial charge is 0.396 e. The molecule has 1 aromatic rings. The number of hydrogen-bond acceptors (Lipinski definition) is 2. The second-order valence-corrected chi connectivity index (χ2v) is 4.55. The van der Waals surface area contributed by atoms with Gasteiger partial charge in [-0.3, -0.25) is 4.79 Å². The van der Waals surface area contributed by atoms with Crippen LogP contribution in [0, 0.1) is 5.92 Å². The van der Waals surface area contributed by atoms with Gasteiger partial charge in [0, 0.05) is 43.8 Å². The van der Waals surface area contributed by atoms with E-state index in [1.54, 1.807) is 11.9 Å². The fourth-order valence-electron chi connectivity index (χ4n) is 1.68. The van der Waals surface area contributed by atoms with E-state index in [0.717, 1.165) is 18.5 Å². The molecule has 0 heterocycles. The monoisotopic (exact) mass is 286 g/mol. The summed E-state index contributed by atoms with van der Waals surface area (Å²) in [4.78, 5) is 13.5. The molecule has 0 spiro atoms. The maximum Gasteiger partial charge on any atom is 0.229 e. The number of aliphatic hydroxyl groups excluding tert-OH is 1. The molecule has 1 rings (SSSR count). The maximum absolute atomic E-state index is 11.8. The van der Waals surface area contributed by atoms with Gasteiger partial charge in [-0.15, -0.1) is 0 Å². The third-order valence-corrected chi connectivity index (χ3v) is 2.77. The van der Waals surface area contributed by atoms with Crippen LogP contribution in [0.1, 0.15) is 25.8 Å². The number of carbonyl (C=O) groups is 1. The van der Waals surface area contributed by atoms with Gasteiger partial charge in [-0.1, -0.05) is 26.0 Å². The zero-order chi connectivity index (χ0) is 12.8. The minimum absolute atomic E-state index is 0. The van der Waals surface area contributed by atoms with Crippen LogP contribution in [0.15, 0.2) is 24.3 Å². The Bertz CT molecular complexity index is 363. The summed E-state index contributed by atoms with van der Waals surface area (Å²) in [5, 5.41) is 8.75. The predicted octanol–water partition coefficient (Wildman–Crippen LogP) is 2.23. The second-order valence-electron chi connectivity index (χ2n) is 4.55. The van der Waals surface area contributed by atoms with Crippen molar-refractivity contribution in [2.45, 2.75) is 26.7 Å². The number of aliphatic hydroxyl groups is 1. The summed E-state index contributed by atoms with van der Waals surface area (Å²) in [5.41, 5.74) is 2.10. The molecule has 4 heteroatoms. The first-order valence-corrected chi connectivity index (χ1v) is 6.03. The standard InChI is InChI=1S/C14H21NO2.V/c1-11(2)14(17)15(3)13-8-6-12(7-9-13)5-4-10-16;/h6-9,11,16H,4-5,10H2,1-3H3;. The number of benzene rings is 1. The Labute approximate surface area is 121 Å². The SMILES string of the molecule is CC(C)C(=O)N(C)c1ccc(CCCO)cc1.[V]. The maximum atomic E-state index is 11.8.